The van der Waals surface area contributed by atoms with Crippen LogP contribution in [0, 0.1) is 18.3 Å². The lowest BCUT2D eigenvalue weighted by atomic mass is 10.1. The molecule has 1 saturated heterocycles. The standard InChI is InChI=1S/C11H14N4O/c1-8-5-10(6-12)15-11(13-8)14-9-3-2-4-16-7-9/h5,9H,2-4,7H2,1H3,(H,13,14,15). The molecule has 1 aliphatic rings. The van der Waals surface area contributed by atoms with E-state index < -0.39 is 0 Å². The van der Waals surface area contributed by atoms with Crippen molar-refractivity contribution in [3.8, 4) is 6.07 Å². The molecule has 0 aromatic carbocycles. The van der Waals surface area contributed by atoms with E-state index in [-0.39, 0.29) is 6.04 Å². The highest BCUT2D eigenvalue weighted by atomic mass is 16.5. The SMILES string of the molecule is Cc1cc(C#N)nc(NC2CCCOC2)n1. The predicted octanol–water partition coefficient (Wildman–Crippen LogP) is 1.25. The summed E-state index contributed by atoms with van der Waals surface area (Å²) >= 11 is 0. The van der Waals surface area contributed by atoms with Crippen LogP contribution in [-0.2, 0) is 4.74 Å². The van der Waals surface area contributed by atoms with Crippen molar-refractivity contribution in [1.29, 1.82) is 5.26 Å². The molecule has 2 rings (SSSR count). The number of aryl methyl sites for hydroxylation is 1. The predicted molar refractivity (Wildman–Crippen MR) is 58.9 cm³/mol. The van der Waals surface area contributed by atoms with Crippen molar-refractivity contribution in [1.82, 2.24) is 9.97 Å². The number of nitrogens with one attached hydrogen (secondary N) is 1. The van der Waals surface area contributed by atoms with Crippen LogP contribution in [0.25, 0.3) is 0 Å². The quantitative estimate of drug-likeness (QED) is 0.808. The third kappa shape index (κ3) is 2.67. The summed E-state index contributed by atoms with van der Waals surface area (Å²) < 4.78 is 5.36. The first kappa shape index (κ1) is 10.8. The van der Waals surface area contributed by atoms with Gasteiger partial charge in [-0.2, -0.15) is 5.26 Å². The molecule has 1 aliphatic heterocycles. The largest absolute Gasteiger partial charge is 0.379 e. The molecular formula is C11H14N4O. The molecule has 84 valence electrons. The minimum absolute atomic E-state index is 0.252. The Hall–Kier alpha value is -1.67. The number of nitrogens with zero attached hydrogens (tertiary/aromatic N) is 3. The van der Waals surface area contributed by atoms with Crippen molar-refractivity contribution in [2.45, 2.75) is 25.8 Å². The number of hydrogen-bond donors (Lipinski definition) is 1. The second-order valence-corrected chi connectivity index (χ2v) is 3.89. The minimum Gasteiger partial charge on any atom is -0.379 e. The summed E-state index contributed by atoms with van der Waals surface area (Å²) in [7, 11) is 0. The summed E-state index contributed by atoms with van der Waals surface area (Å²) in [5.41, 5.74) is 1.19. The van der Waals surface area contributed by atoms with Crippen molar-refractivity contribution in [2.24, 2.45) is 0 Å². The Morgan fingerprint density at radius 1 is 1.56 bits per heavy atom. The highest BCUT2D eigenvalue weighted by Crippen LogP contribution is 2.11. The van der Waals surface area contributed by atoms with E-state index in [0.717, 1.165) is 25.1 Å². The van der Waals surface area contributed by atoms with Crippen LogP contribution in [0.3, 0.4) is 0 Å². The van der Waals surface area contributed by atoms with Crippen LogP contribution in [0.4, 0.5) is 5.95 Å². The Balaban J connectivity index is 2.08. The van der Waals surface area contributed by atoms with Gasteiger partial charge in [0.2, 0.25) is 5.95 Å². The lowest BCUT2D eigenvalue weighted by Gasteiger charge is -2.23. The molecule has 1 atom stereocenters. The molecule has 0 bridgehead atoms. The topological polar surface area (TPSA) is 70.8 Å². The molecule has 0 spiro atoms. The first-order chi connectivity index (χ1) is 7.78. The van der Waals surface area contributed by atoms with Crippen molar-refractivity contribution < 1.29 is 4.74 Å². The maximum Gasteiger partial charge on any atom is 0.224 e. The Morgan fingerprint density at radius 2 is 2.44 bits per heavy atom. The second kappa shape index (κ2) is 4.90. The van der Waals surface area contributed by atoms with E-state index in [2.05, 4.69) is 15.3 Å². The lowest BCUT2D eigenvalue weighted by molar-refractivity contribution is 0.0874. The third-order valence-electron chi connectivity index (χ3n) is 2.46. The number of anilines is 1. The summed E-state index contributed by atoms with van der Waals surface area (Å²) in [5, 5.41) is 12.0. The van der Waals surface area contributed by atoms with E-state index in [1.54, 1.807) is 6.07 Å². The summed E-state index contributed by atoms with van der Waals surface area (Å²) in [6.45, 7) is 3.36. The summed E-state index contributed by atoms with van der Waals surface area (Å²) in [6.07, 6.45) is 2.10. The zero-order valence-electron chi connectivity index (χ0n) is 9.23. The van der Waals surface area contributed by atoms with Gasteiger partial charge in [0.15, 0.2) is 0 Å². The van der Waals surface area contributed by atoms with Crippen molar-refractivity contribution in [3.63, 3.8) is 0 Å². The van der Waals surface area contributed by atoms with E-state index in [9.17, 15) is 0 Å². The highest BCUT2D eigenvalue weighted by Gasteiger charge is 2.14. The van der Waals surface area contributed by atoms with Gasteiger partial charge >= 0.3 is 0 Å². The number of aromatic nitrogens is 2. The van der Waals surface area contributed by atoms with Crippen LogP contribution in [0.2, 0.25) is 0 Å². The second-order valence-electron chi connectivity index (χ2n) is 3.89. The van der Waals surface area contributed by atoms with Gasteiger partial charge in [0.25, 0.3) is 0 Å². The molecule has 0 saturated carbocycles. The van der Waals surface area contributed by atoms with Gasteiger partial charge in [-0.25, -0.2) is 9.97 Å². The number of rotatable bonds is 2. The number of ether oxygens (including phenoxy) is 1. The first-order valence-corrected chi connectivity index (χ1v) is 5.38. The molecule has 5 nitrogen and oxygen atoms in total. The average Bonchev–Trinajstić information content (AvgIpc) is 2.29. The zero-order valence-corrected chi connectivity index (χ0v) is 9.23. The fourth-order valence-corrected chi connectivity index (χ4v) is 1.73. The van der Waals surface area contributed by atoms with Gasteiger partial charge in [-0.1, -0.05) is 0 Å². The van der Waals surface area contributed by atoms with E-state index in [0.29, 0.717) is 18.2 Å². The maximum absolute atomic E-state index is 8.80. The molecule has 16 heavy (non-hydrogen) atoms. The molecule has 1 aromatic heterocycles. The van der Waals surface area contributed by atoms with Crippen LogP contribution < -0.4 is 5.32 Å². The maximum atomic E-state index is 8.80. The van der Waals surface area contributed by atoms with Crippen molar-refractivity contribution in [2.75, 3.05) is 18.5 Å². The molecule has 1 aromatic rings. The Bertz CT molecular complexity index is 407. The van der Waals surface area contributed by atoms with Gasteiger partial charge in [0.05, 0.1) is 12.6 Å². The van der Waals surface area contributed by atoms with E-state index >= 15 is 0 Å². The van der Waals surface area contributed by atoms with Crippen molar-refractivity contribution in [3.05, 3.63) is 17.5 Å². The molecule has 0 radical (unpaired) electrons. The van der Waals surface area contributed by atoms with Gasteiger partial charge in [-0.05, 0) is 25.8 Å². The molecule has 5 heteroatoms. The average molecular weight is 218 g/mol. The number of nitriles is 1. The lowest BCUT2D eigenvalue weighted by Crippen LogP contribution is -2.30. The van der Waals surface area contributed by atoms with Gasteiger partial charge in [-0.3, -0.25) is 0 Å². The Morgan fingerprint density at radius 3 is 3.12 bits per heavy atom. The summed E-state index contributed by atoms with van der Waals surface area (Å²) in [5.74, 6) is 0.520. The third-order valence-corrected chi connectivity index (χ3v) is 2.46. The molecule has 1 fully saturated rings. The van der Waals surface area contributed by atoms with Gasteiger partial charge in [0, 0.05) is 12.3 Å². The summed E-state index contributed by atoms with van der Waals surface area (Å²) in [6, 6.07) is 3.94. The van der Waals surface area contributed by atoms with Gasteiger partial charge in [0.1, 0.15) is 11.8 Å². The van der Waals surface area contributed by atoms with E-state index in [1.165, 1.54) is 0 Å². The molecule has 1 unspecified atom stereocenters. The van der Waals surface area contributed by atoms with Crippen LogP contribution in [0.15, 0.2) is 6.07 Å². The van der Waals surface area contributed by atoms with E-state index in [4.69, 9.17) is 10.00 Å². The smallest absolute Gasteiger partial charge is 0.224 e. The van der Waals surface area contributed by atoms with Crippen LogP contribution in [0.5, 0.6) is 0 Å². The molecule has 0 amide bonds. The monoisotopic (exact) mass is 218 g/mol. The van der Waals surface area contributed by atoms with Crippen LogP contribution in [-0.4, -0.2) is 29.2 Å². The number of hydrogen-bond acceptors (Lipinski definition) is 5. The molecular weight excluding hydrogens is 204 g/mol. The van der Waals surface area contributed by atoms with Crippen LogP contribution >= 0.6 is 0 Å². The first-order valence-electron chi connectivity index (χ1n) is 5.38. The molecule has 2 heterocycles. The molecule has 1 N–H and O–H groups in total. The van der Waals surface area contributed by atoms with Crippen molar-refractivity contribution >= 4 is 5.95 Å². The van der Waals surface area contributed by atoms with Gasteiger partial charge < -0.3 is 10.1 Å². The molecule has 0 aliphatic carbocycles. The van der Waals surface area contributed by atoms with E-state index in [1.807, 2.05) is 13.0 Å². The normalized spacial score (nSPS) is 20.1. The minimum atomic E-state index is 0.252. The van der Waals surface area contributed by atoms with Crippen LogP contribution in [0.1, 0.15) is 24.2 Å². The Labute approximate surface area is 94.5 Å². The fourth-order valence-electron chi connectivity index (χ4n) is 1.73. The fraction of sp³-hybridized carbons (Fsp3) is 0.545. The highest BCUT2D eigenvalue weighted by molar-refractivity contribution is 5.33. The summed E-state index contributed by atoms with van der Waals surface area (Å²) in [4.78, 5) is 8.35. The Kier molecular flexibility index (Phi) is 3.32. The zero-order chi connectivity index (χ0) is 11.4. The van der Waals surface area contributed by atoms with Gasteiger partial charge in [-0.15, -0.1) is 0 Å².